The number of hydrogen-bond acceptors (Lipinski definition) is 3. The average Bonchev–Trinajstić information content (AvgIpc) is 3.37. The molecule has 4 aromatic carbocycles. The first kappa shape index (κ1) is 25.7. The van der Waals surface area contributed by atoms with Crippen LogP contribution in [-0.2, 0) is 4.79 Å². The van der Waals surface area contributed by atoms with Crippen LogP contribution in [0.3, 0.4) is 0 Å². The number of nitrogens with zero attached hydrogens (tertiary/aromatic N) is 3. The van der Waals surface area contributed by atoms with E-state index in [4.69, 9.17) is 0 Å². The summed E-state index contributed by atoms with van der Waals surface area (Å²) in [5, 5.41) is 12.4. The van der Waals surface area contributed by atoms with Crippen molar-refractivity contribution in [2.75, 3.05) is 23.7 Å². The van der Waals surface area contributed by atoms with Gasteiger partial charge in [0.1, 0.15) is 18.2 Å². The fourth-order valence-electron chi connectivity index (χ4n) is 4.41. The van der Waals surface area contributed by atoms with Crippen LogP contribution in [0.2, 0.25) is 0 Å². The van der Waals surface area contributed by atoms with Gasteiger partial charge in [-0.1, -0.05) is 73.7 Å². The molecule has 2 N–H and O–H groups in total. The summed E-state index contributed by atoms with van der Waals surface area (Å²) in [4.78, 5) is 27.9. The summed E-state index contributed by atoms with van der Waals surface area (Å²) in [5.41, 5.74) is 2.79. The molecule has 0 saturated heterocycles. The molecule has 0 spiro atoms. The lowest BCUT2D eigenvalue weighted by atomic mass is 10.1. The van der Waals surface area contributed by atoms with Gasteiger partial charge >= 0.3 is 6.03 Å². The molecule has 3 amide bonds. The summed E-state index contributed by atoms with van der Waals surface area (Å²) in [5.74, 6) is -0.331. The minimum Gasteiger partial charge on any atom is -0.315 e. The van der Waals surface area contributed by atoms with Crippen molar-refractivity contribution in [2.45, 2.75) is 13.3 Å². The van der Waals surface area contributed by atoms with Crippen LogP contribution in [0, 0.1) is 5.82 Å². The molecular formula is C31H28FN5O2. The van der Waals surface area contributed by atoms with E-state index in [1.165, 1.54) is 17.0 Å². The number of carbonyl (C=O) groups excluding carboxylic acids is 2. The average molecular weight is 522 g/mol. The first-order valence-electron chi connectivity index (χ1n) is 12.8. The number of halogens is 1. The Labute approximate surface area is 225 Å². The first-order chi connectivity index (χ1) is 19.0. The third-order valence-electron chi connectivity index (χ3n) is 6.26. The zero-order chi connectivity index (χ0) is 27.2. The molecule has 0 atom stereocenters. The Kier molecular flexibility index (Phi) is 7.63. The summed E-state index contributed by atoms with van der Waals surface area (Å²) < 4.78 is 15.1. The SMILES string of the molecule is CCCN(CC(=O)Nc1cc(-c2ccccc2)nn1-c1ccc(F)cc1)C(=O)Nc1cccc2ccccc12. The summed E-state index contributed by atoms with van der Waals surface area (Å²) in [6, 6.07) is 30.3. The van der Waals surface area contributed by atoms with E-state index in [9.17, 15) is 14.0 Å². The van der Waals surface area contributed by atoms with Gasteiger partial charge in [0.05, 0.1) is 17.1 Å². The molecule has 0 aliphatic heterocycles. The third kappa shape index (κ3) is 5.96. The van der Waals surface area contributed by atoms with Gasteiger partial charge in [0.2, 0.25) is 5.91 Å². The lowest BCUT2D eigenvalue weighted by Gasteiger charge is -2.22. The molecule has 0 bridgehead atoms. The van der Waals surface area contributed by atoms with Gasteiger partial charge in [-0.25, -0.2) is 13.9 Å². The highest BCUT2D eigenvalue weighted by Crippen LogP contribution is 2.26. The van der Waals surface area contributed by atoms with Crippen LogP contribution in [0.4, 0.5) is 20.7 Å². The molecule has 0 aliphatic carbocycles. The molecule has 0 aliphatic rings. The summed E-state index contributed by atoms with van der Waals surface area (Å²) in [6.07, 6.45) is 0.682. The van der Waals surface area contributed by atoms with Gasteiger partial charge in [0, 0.05) is 23.6 Å². The Hall–Kier alpha value is -4.98. The fraction of sp³-hybridized carbons (Fsp3) is 0.129. The van der Waals surface area contributed by atoms with E-state index in [0.717, 1.165) is 16.3 Å². The zero-order valence-electron chi connectivity index (χ0n) is 21.5. The molecule has 0 saturated carbocycles. The molecule has 1 aromatic heterocycles. The Bertz CT molecular complexity index is 1590. The third-order valence-corrected chi connectivity index (χ3v) is 6.26. The Balaban J connectivity index is 1.37. The van der Waals surface area contributed by atoms with E-state index in [1.54, 1.807) is 22.9 Å². The van der Waals surface area contributed by atoms with E-state index >= 15 is 0 Å². The molecule has 1 heterocycles. The number of benzene rings is 4. The highest BCUT2D eigenvalue weighted by atomic mass is 19.1. The van der Waals surface area contributed by atoms with Gasteiger partial charge in [-0.15, -0.1) is 0 Å². The van der Waals surface area contributed by atoms with Crippen molar-refractivity contribution in [1.82, 2.24) is 14.7 Å². The molecule has 5 aromatic rings. The zero-order valence-corrected chi connectivity index (χ0v) is 21.5. The normalized spacial score (nSPS) is 10.8. The second-order valence-electron chi connectivity index (χ2n) is 9.10. The summed E-state index contributed by atoms with van der Waals surface area (Å²) in [7, 11) is 0. The molecule has 0 radical (unpaired) electrons. The Morgan fingerprint density at radius 1 is 0.872 bits per heavy atom. The van der Waals surface area contributed by atoms with Crippen molar-refractivity contribution in [3.05, 3.63) is 109 Å². The quantitative estimate of drug-likeness (QED) is 0.238. The predicted octanol–water partition coefficient (Wildman–Crippen LogP) is 6.71. The molecular weight excluding hydrogens is 493 g/mol. The topological polar surface area (TPSA) is 79.3 Å². The van der Waals surface area contributed by atoms with Gasteiger partial charge in [0.15, 0.2) is 0 Å². The molecule has 0 fully saturated rings. The lowest BCUT2D eigenvalue weighted by molar-refractivity contribution is -0.116. The number of amides is 3. The first-order valence-corrected chi connectivity index (χ1v) is 12.8. The highest BCUT2D eigenvalue weighted by Gasteiger charge is 2.20. The van der Waals surface area contributed by atoms with Gasteiger partial charge in [-0.05, 0) is 42.1 Å². The molecule has 7 nitrogen and oxygen atoms in total. The molecule has 0 unspecified atom stereocenters. The van der Waals surface area contributed by atoms with Gasteiger partial charge in [-0.3, -0.25) is 4.79 Å². The molecule has 196 valence electrons. The van der Waals surface area contributed by atoms with Crippen molar-refractivity contribution < 1.29 is 14.0 Å². The largest absolute Gasteiger partial charge is 0.322 e. The van der Waals surface area contributed by atoms with Gasteiger partial charge in [0.25, 0.3) is 0 Å². The summed E-state index contributed by atoms with van der Waals surface area (Å²) in [6.45, 7) is 2.20. The number of nitrogens with one attached hydrogen (secondary N) is 2. The van der Waals surface area contributed by atoms with Crippen molar-refractivity contribution >= 4 is 34.2 Å². The van der Waals surface area contributed by atoms with Crippen LogP contribution in [0.25, 0.3) is 27.7 Å². The van der Waals surface area contributed by atoms with Crippen LogP contribution in [0.1, 0.15) is 13.3 Å². The molecule has 5 rings (SSSR count). The maximum atomic E-state index is 13.6. The van der Waals surface area contributed by atoms with Crippen LogP contribution < -0.4 is 10.6 Å². The highest BCUT2D eigenvalue weighted by molar-refractivity contribution is 6.03. The van der Waals surface area contributed by atoms with E-state index < -0.39 is 0 Å². The minimum absolute atomic E-state index is 0.153. The Morgan fingerprint density at radius 2 is 1.59 bits per heavy atom. The van der Waals surface area contributed by atoms with E-state index in [-0.39, 0.29) is 24.3 Å². The predicted molar refractivity (Wildman–Crippen MR) is 152 cm³/mol. The second kappa shape index (κ2) is 11.6. The number of rotatable bonds is 8. The molecule has 8 heteroatoms. The van der Waals surface area contributed by atoms with E-state index in [2.05, 4.69) is 15.7 Å². The molecule has 39 heavy (non-hydrogen) atoms. The number of carbonyl (C=O) groups is 2. The van der Waals surface area contributed by atoms with Crippen molar-refractivity contribution in [3.8, 4) is 16.9 Å². The number of urea groups is 1. The Morgan fingerprint density at radius 3 is 2.36 bits per heavy atom. The van der Waals surface area contributed by atoms with Crippen LogP contribution in [0.5, 0.6) is 0 Å². The monoisotopic (exact) mass is 521 g/mol. The van der Waals surface area contributed by atoms with Crippen molar-refractivity contribution in [1.29, 1.82) is 0 Å². The van der Waals surface area contributed by atoms with Crippen LogP contribution in [0.15, 0.2) is 103 Å². The fourth-order valence-corrected chi connectivity index (χ4v) is 4.41. The van der Waals surface area contributed by atoms with E-state index in [1.807, 2.05) is 79.7 Å². The maximum absolute atomic E-state index is 13.6. The second-order valence-corrected chi connectivity index (χ2v) is 9.10. The lowest BCUT2D eigenvalue weighted by Crippen LogP contribution is -2.41. The van der Waals surface area contributed by atoms with Gasteiger partial charge < -0.3 is 15.5 Å². The maximum Gasteiger partial charge on any atom is 0.322 e. The number of fused-ring (bicyclic) bond motifs is 1. The van der Waals surface area contributed by atoms with Crippen LogP contribution >= 0.6 is 0 Å². The van der Waals surface area contributed by atoms with E-state index in [0.29, 0.717) is 35.9 Å². The smallest absolute Gasteiger partial charge is 0.315 e. The summed E-state index contributed by atoms with van der Waals surface area (Å²) >= 11 is 0. The van der Waals surface area contributed by atoms with Crippen molar-refractivity contribution in [3.63, 3.8) is 0 Å². The number of anilines is 2. The van der Waals surface area contributed by atoms with Crippen molar-refractivity contribution in [2.24, 2.45) is 0 Å². The standard InChI is InChI=1S/C31H28FN5O2/c1-2-19-36(31(39)33-27-14-8-12-22-9-6-7-13-26(22)27)21-30(38)34-29-20-28(23-10-4-3-5-11-23)35-37(29)25-17-15-24(32)16-18-25/h3-18,20H,2,19,21H2,1H3,(H,33,39)(H,34,38). The van der Waals surface area contributed by atoms with Gasteiger partial charge in [-0.2, -0.15) is 5.10 Å². The minimum atomic E-state index is -0.376. The number of hydrogen-bond donors (Lipinski definition) is 2. The van der Waals surface area contributed by atoms with Crippen LogP contribution in [-0.4, -0.2) is 39.7 Å². The number of aromatic nitrogens is 2.